The van der Waals surface area contributed by atoms with Gasteiger partial charge in [0.1, 0.15) is 12.4 Å². The third kappa shape index (κ3) is 6.11. The summed E-state index contributed by atoms with van der Waals surface area (Å²) in [5, 5.41) is 4.18. The molecule has 0 aromatic rings. The minimum atomic E-state index is 0.167. The van der Waals surface area contributed by atoms with Crippen LogP contribution in [0.2, 0.25) is 0 Å². The molecule has 132 valence electrons. The topological polar surface area (TPSA) is 54.4 Å². The quantitative estimate of drug-likeness (QED) is 0.740. The Labute approximate surface area is 139 Å². The van der Waals surface area contributed by atoms with Crippen LogP contribution in [0.15, 0.2) is 5.16 Å². The van der Waals surface area contributed by atoms with Crippen LogP contribution in [0.25, 0.3) is 0 Å². The summed E-state index contributed by atoms with van der Waals surface area (Å²) in [6.07, 6.45) is 7.21. The maximum absolute atomic E-state index is 8.81. The van der Waals surface area contributed by atoms with E-state index < -0.39 is 0 Å². The van der Waals surface area contributed by atoms with E-state index in [9.17, 15) is 0 Å². The molecule has 0 radical (unpaired) electrons. The van der Waals surface area contributed by atoms with Crippen molar-refractivity contribution in [3.8, 4) is 0 Å². The molecule has 1 atom stereocenters. The maximum atomic E-state index is 8.81. The molecule has 2 saturated heterocycles. The van der Waals surface area contributed by atoms with Crippen molar-refractivity contribution >= 4 is 12.2 Å². The van der Waals surface area contributed by atoms with Crippen molar-refractivity contribution in [1.82, 2.24) is 9.80 Å². The van der Waals surface area contributed by atoms with Crippen molar-refractivity contribution in [3.63, 3.8) is 0 Å². The zero-order valence-electron chi connectivity index (χ0n) is 14.6. The fourth-order valence-corrected chi connectivity index (χ4v) is 3.36. The van der Waals surface area contributed by atoms with E-state index in [0.717, 1.165) is 44.7 Å². The van der Waals surface area contributed by atoms with Gasteiger partial charge in [-0.15, -0.1) is 0 Å². The van der Waals surface area contributed by atoms with Crippen molar-refractivity contribution in [3.05, 3.63) is 0 Å². The van der Waals surface area contributed by atoms with E-state index in [1.54, 1.807) is 0 Å². The summed E-state index contributed by atoms with van der Waals surface area (Å²) < 4.78 is 6.13. The van der Waals surface area contributed by atoms with Gasteiger partial charge in [-0.3, -0.25) is 4.90 Å². The molecule has 0 bridgehead atoms. The first-order valence-electron chi connectivity index (χ1n) is 8.90. The molecule has 0 saturated carbocycles. The maximum Gasteiger partial charge on any atom is 0.229 e. The van der Waals surface area contributed by atoms with Crippen LogP contribution >= 0.6 is 0 Å². The van der Waals surface area contributed by atoms with Crippen LogP contribution in [0.3, 0.4) is 0 Å². The zero-order chi connectivity index (χ0) is 16.5. The molecule has 6 nitrogen and oxygen atoms in total. The molecule has 3 aliphatic rings. The average molecular weight is 325 g/mol. The zero-order valence-corrected chi connectivity index (χ0v) is 14.6. The lowest BCUT2D eigenvalue weighted by Gasteiger charge is -2.35. The van der Waals surface area contributed by atoms with E-state index in [0.29, 0.717) is 12.5 Å². The number of piperidine rings is 2. The van der Waals surface area contributed by atoms with Crippen LogP contribution < -0.4 is 0 Å². The van der Waals surface area contributed by atoms with Gasteiger partial charge < -0.3 is 19.3 Å². The molecular formula is C17H31N3O3. The molecule has 2 fully saturated rings. The van der Waals surface area contributed by atoms with Crippen molar-refractivity contribution in [2.75, 3.05) is 46.4 Å². The lowest BCUT2D eigenvalue weighted by Crippen LogP contribution is -2.44. The summed E-state index contributed by atoms with van der Waals surface area (Å²) in [6, 6.07) is 0. The first-order valence-corrected chi connectivity index (χ1v) is 8.90. The van der Waals surface area contributed by atoms with Gasteiger partial charge in [-0.05, 0) is 65.8 Å². The predicted molar refractivity (Wildman–Crippen MR) is 90.5 cm³/mol. The molecule has 3 rings (SSSR count). The second kappa shape index (κ2) is 9.88. The molecule has 3 aliphatic heterocycles. The van der Waals surface area contributed by atoms with Gasteiger partial charge in [0.15, 0.2) is 6.61 Å². The molecular weight excluding hydrogens is 294 g/mol. The van der Waals surface area contributed by atoms with Crippen LogP contribution in [0.4, 0.5) is 0 Å². The summed E-state index contributed by atoms with van der Waals surface area (Å²) in [4.78, 5) is 19.1. The molecule has 0 N–H and O–H groups in total. The number of rotatable bonds is 3. The summed E-state index contributed by atoms with van der Waals surface area (Å²) in [5.74, 6) is 1.31. The molecule has 0 spiro atoms. The Hall–Kier alpha value is -1.14. The second-order valence-electron chi connectivity index (χ2n) is 6.64. The van der Waals surface area contributed by atoms with Crippen molar-refractivity contribution in [2.45, 2.75) is 45.1 Å². The Bertz CT molecular complexity index is 375. The standard InChI is InChI=1S/C15H27N3O2.C2H4O/c1-17-9-5-13(6-10-17)15-16-19-12-14(20-15)11-18-7-3-2-4-8-18;1-2-3/h13-14H,2-12H2,1H3;2H,1H3. The van der Waals surface area contributed by atoms with E-state index in [2.05, 4.69) is 22.0 Å². The lowest BCUT2D eigenvalue weighted by molar-refractivity contribution is -0.106. The predicted octanol–water partition coefficient (Wildman–Crippen LogP) is 1.75. The second-order valence-corrected chi connectivity index (χ2v) is 6.64. The fraction of sp³-hybridized carbons (Fsp3) is 0.882. The molecule has 0 aromatic heterocycles. The number of hydrogen-bond donors (Lipinski definition) is 0. The third-order valence-electron chi connectivity index (χ3n) is 4.68. The highest BCUT2D eigenvalue weighted by Gasteiger charge is 2.29. The van der Waals surface area contributed by atoms with Gasteiger partial charge in [0.25, 0.3) is 0 Å². The Morgan fingerprint density at radius 3 is 2.48 bits per heavy atom. The monoisotopic (exact) mass is 325 g/mol. The van der Waals surface area contributed by atoms with Crippen LogP contribution in [0.5, 0.6) is 0 Å². The number of carbonyl (C=O) groups excluding carboxylic acids is 1. The van der Waals surface area contributed by atoms with Gasteiger partial charge in [-0.2, -0.15) is 0 Å². The molecule has 0 aliphatic carbocycles. The molecule has 1 unspecified atom stereocenters. The number of ether oxygens (including phenoxy) is 1. The smallest absolute Gasteiger partial charge is 0.229 e. The molecule has 23 heavy (non-hydrogen) atoms. The Morgan fingerprint density at radius 2 is 1.83 bits per heavy atom. The normalized spacial score (nSPS) is 27.0. The van der Waals surface area contributed by atoms with Crippen LogP contribution in [0, 0.1) is 5.92 Å². The minimum absolute atomic E-state index is 0.167. The number of nitrogens with zero attached hydrogens (tertiary/aromatic N) is 3. The fourth-order valence-electron chi connectivity index (χ4n) is 3.36. The van der Waals surface area contributed by atoms with E-state index in [-0.39, 0.29) is 6.10 Å². The van der Waals surface area contributed by atoms with Crippen LogP contribution in [0.1, 0.15) is 39.0 Å². The summed E-state index contributed by atoms with van der Waals surface area (Å²) in [6.45, 7) is 7.72. The molecule has 0 aromatic carbocycles. The average Bonchev–Trinajstić information content (AvgIpc) is 2.57. The number of hydrogen-bond acceptors (Lipinski definition) is 6. The number of oxime groups is 1. The van der Waals surface area contributed by atoms with Crippen molar-refractivity contribution < 1.29 is 14.4 Å². The molecule has 3 heterocycles. The van der Waals surface area contributed by atoms with Crippen LogP contribution in [-0.4, -0.2) is 74.5 Å². The third-order valence-corrected chi connectivity index (χ3v) is 4.68. The Kier molecular flexibility index (Phi) is 7.82. The highest BCUT2D eigenvalue weighted by atomic mass is 16.7. The first-order chi connectivity index (χ1) is 11.2. The van der Waals surface area contributed by atoms with Crippen LogP contribution in [-0.2, 0) is 14.4 Å². The summed E-state index contributed by atoms with van der Waals surface area (Å²) in [7, 11) is 2.18. The highest BCUT2D eigenvalue weighted by Crippen LogP contribution is 2.22. The Morgan fingerprint density at radius 1 is 1.17 bits per heavy atom. The summed E-state index contributed by atoms with van der Waals surface area (Å²) >= 11 is 0. The molecule has 6 heteroatoms. The van der Waals surface area contributed by atoms with Gasteiger partial charge in [0, 0.05) is 12.5 Å². The highest BCUT2D eigenvalue weighted by molar-refractivity contribution is 5.78. The van der Waals surface area contributed by atoms with E-state index in [1.807, 2.05) is 0 Å². The van der Waals surface area contributed by atoms with Crippen molar-refractivity contribution in [2.24, 2.45) is 11.1 Å². The van der Waals surface area contributed by atoms with Gasteiger partial charge >= 0.3 is 0 Å². The SMILES string of the molecule is CC=O.CN1CCC(C2=NOCC(CN3CCCCC3)O2)CC1. The number of aldehydes is 1. The van der Waals surface area contributed by atoms with Gasteiger partial charge in [-0.1, -0.05) is 11.6 Å². The minimum Gasteiger partial charge on any atom is -0.470 e. The lowest BCUT2D eigenvalue weighted by atomic mass is 9.97. The Balaban J connectivity index is 0.000000595. The van der Waals surface area contributed by atoms with E-state index >= 15 is 0 Å². The van der Waals surface area contributed by atoms with E-state index in [1.165, 1.54) is 39.3 Å². The van der Waals surface area contributed by atoms with Gasteiger partial charge in [0.2, 0.25) is 5.90 Å². The summed E-state index contributed by atoms with van der Waals surface area (Å²) in [5.41, 5.74) is 0. The van der Waals surface area contributed by atoms with Crippen molar-refractivity contribution in [1.29, 1.82) is 0 Å². The number of likely N-dealkylation sites (tertiary alicyclic amines) is 2. The largest absolute Gasteiger partial charge is 0.470 e. The van der Waals surface area contributed by atoms with Gasteiger partial charge in [-0.25, -0.2) is 0 Å². The van der Waals surface area contributed by atoms with E-state index in [4.69, 9.17) is 14.4 Å². The first kappa shape index (κ1) is 18.2. The molecule has 0 amide bonds. The van der Waals surface area contributed by atoms with Gasteiger partial charge in [0.05, 0.1) is 0 Å². The number of carbonyl (C=O) groups is 1.